The van der Waals surface area contributed by atoms with Gasteiger partial charge in [-0.3, -0.25) is 9.59 Å². The van der Waals surface area contributed by atoms with Crippen LogP contribution in [0.1, 0.15) is 58.2 Å². The number of anilines is 1. The van der Waals surface area contributed by atoms with Crippen LogP contribution >= 0.6 is 15.9 Å². The number of benzene rings is 2. The van der Waals surface area contributed by atoms with Gasteiger partial charge in [-0.2, -0.15) is 0 Å². The minimum Gasteiger partial charge on any atom is -0.330 e. The summed E-state index contributed by atoms with van der Waals surface area (Å²) in [5, 5.41) is 0. The number of nitrogens with zero attached hydrogens (tertiary/aromatic N) is 2. The minimum atomic E-state index is -0.561. The van der Waals surface area contributed by atoms with Gasteiger partial charge in [0.25, 0.3) is 0 Å². The first-order valence-electron chi connectivity index (χ1n) is 11.1. The summed E-state index contributed by atoms with van der Waals surface area (Å²) >= 11 is 3.43. The van der Waals surface area contributed by atoms with Gasteiger partial charge in [-0.1, -0.05) is 61.8 Å². The third-order valence-electron chi connectivity index (χ3n) is 4.63. The molecule has 0 aliphatic carbocycles. The number of aryl methyl sites for hydroxylation is 2. The predicted octanol–water partition coefficient (Wildman–Crippen LogP) is 6.56. The van der Waals surface area contributed by atoms with E-state index < -0.39 is 6.04 Å². The molecular weight excluding hydrogens is 452 g/mol. The van der Waals surface area contributed by atoms with E-state index in [-0.39, 0.29) is 11.9 Å². The van der Waals surface area contributed by atoms with Gasteiger partial charge in [-0.15, -0.1) is 0 Å². The molecule has 0 N–H and O–H groups in total. The molecule has 2 rings (SSSR count). The Bertz CT molecular complexity index is 783. The summed E-state index contributed by atoms with van der Waals surface area (Å²) in [6.07, 6.45) is 1.25. The number of carbonyl (C=O) groups is 2. The van der Waals surface area contributed by atoms with Crippen LogP contribution in [0.5, 0.6) is 0 Å². The molecule has 0 aliphatic rings. The number of carbonyl (C=O) groups excluding carboxylic acids is 2. The number of likely N-dealkylation sites (N-methyl/N-ethyl adjacent to an activating group) is 1. The normalized spacial score (nSPS) is 10.8. The molecule has 1 atom stereocenters. The first-order valence-corrected chi connectivity index (χ1v) is 11.8. The van der Waals surface area contributed by atoms with Crippen LogP contribution in [0, 0.1) is 13.8 Å². The fraction of sp³-hybridized carbons (Fsp3) is 0.462. The number of amides is 2. The zero-order chi connectivity index (χ0) is 24.1. The zero-order valence-corrected chi connectivity index (χ0v) is 22.2. The lowest BCUT2D eigenvalue weighted by Crippen LogP contribution is -2.51. The van der Waals surface area contributed by atoms with Crippen molar-refractivity contribution in [3.63, 3.8) is 0 Å². The molecule has 4 nitrogen and oxygen atoms in total. The van der Waals surface area contributed by atoms with Crippen LogP contribution in [-0.2, 0) is 16.0 Å². The second-order valence-corrected chi connectivity index (χ2v) is 8.15. The summed E-state index contributed by atoms with van der Waals surface area (Å²) in [4.78, 5) is 28.4. The highest BCUT2D eigenvalue weighted by Gasteiger charge is 2.30. The van der Waals surface area contributed by atoms with Crippen LogP contribution in [0.15, 0.2) is 46.9 Å². The van der Waals surface area contributed by atoms with Crippen LogP contribution in [-0.4, -0.2) is 36.3 Å². The molecule has 2 amide bonds. The number of rotatable bonds is 7. The summed E-state index contributed by atoms with van der Waals surface area (Å²) < 4.78 is 0.984. The van der Waals surface area contributed by atoms with E-state index in [0.29, 0.717) is 6.42 Å². The SMILES string of the molecule is CC.CC.Cc1cc(C)cc(N(C)C(=O)C(Cc2ccc(Br)cc2)N(C=O)C(C)C)c1. The van der Waals surface area contributed by atoms with E-state index in [1.54, 1.807) is 16.8 Å². The molecule has 0 heterocycles. The Morgan fingerprint density at radius 3 is 1.87 bits per heavy atom. The smallest absolute Gasteiger partial charge is 0.249 e. The Balaban J connectivity index is 0.00000212. The molecule has 0 spiro atoms. The zero-order valence-electron chi connectivity index (χ0n) is 20.6. The number of hydrogen-bond acceptors (Lipinski definition) is 2. The highest BCUT2D eigenvalue weighted by molar-refractivity contribution is 9.10. The van der Waals surface area contributed by atoms with Crippen molar-refractivity contribution in [1.29, 1.82) is 0 Å². The van der Waals surface area contributed by atoms with Crippen molar-refractivity contribution in [2.45, 2.75) is 73.9 Å². The molecule has 0 fully saturated rings. The van der Waals surface area contributed by atoms with Crippen molar-refractivity contribution in [2.75, 3.05) is 11.9 Å². The Hall–Kier alpha value is -2.14. The van der Waals surface area contributed by atoms with Gasteiger partial charge in [0.05, 0.1) is 0 Å². The lowest BCUT2D eigenvalue weighted by Gasteiger charge is -2.33. The highest BCUT2D eigenvalue weighted by atomic mass is 79.9. The van der Waals surface area contributed by atoms with Gasteiger partial charge in [0.1, 0.15) is 6.04 Å². The molecule has 0 aliphatic heterocycles. The van der Waals surface area contributed by atoms with Gasteiger partial charge >= 0.3 is 0 Å². The van der Waals surface area contributed by atoms with Crippen LogP contribution in [0.25, 0.3) is 0 Å². The maximum Gasteiger partial charge on any atom is 0.249 e. The lowest BCUT2D eigenvalue weighted by molar-refractivity contribution is -0.132. The summed E-state index contributed by atoms with van der Waals surface area (Å²) in [6, 6.07) is 13.3. The molecule has 172 valence electrons. The molecule has 0 bridgehead atoms. The topological polar surface area (TPSA) is 40.6 Å². The maximum atomic E-state index is 13.4. The average Bonchev–Trinajstić information content (AvgIpc) is 2.76. The number of halogens is 1. The van der Waals surface area contributed by atoms with Crippen LogP contribution < -0.4 is 4.90 Å². The standard InChI is InChI=1S/C22H27BrN2O2.2C2H6/c1-15(2)25(14-26)21(13-18-6-8-19(23)9-7-18)22(27)24(5)20-11-16(3)10-17(4)12-20;2*1-2/h6-12,14-15,21H,13H2,1-5H3;2*1-2H3. The molecule has 0 saturated heterocycles. The van der Waals surface area contributed by atoms with E-state index in [1.807, 2.05) is 91.8 Å². The monoisotopic (exact) mass is 490 g/mol. The van der Waals surface area contributed by atoms with Crippen LogP contribution in [0.4, 0.5) is 5.69 Å². The molecule has 0 saturated carbocycles. The van der Waals surface area contributed by atoms with E-state index in [1.165, 1.54) is 0 Å². The van der Waals surface area contributed by atoms with Crippen molar-refractivity contribution >= 4 is 33.9 Å². The third kappa shape index (κ3) is 8.86. The second-order valence-electron chi connectivity index (χ2n) is 7.24. The Kier molecular flexibility index (Phi) is 13.8. The number of hydrogen-bond donors (Lipinski definition) is 0. The molecule has 2 aromatic carbocycles. The molecule has 1 unspecified atom stereocenters. The fourth-order valence-corrected chi connectivity index (χ4v) is 3.48. The lowest BCUT2D eigenvalue weighted by atomic mass is 10.0. The van der Waals surface area contributed by atoms with E-state index in [2.05, 4.69) is 22.0 Å². The third-order valence-corrected chi connectivity index (χ3v) is 5.16. The van der Waals surface area contributed by atoms with E-state index in [0.717, 1.165) is 33.3 Å². The molecule has 31 heavy (non-hydrogen) atoms. The van der Waals surface area contributed by atoms with Gasteiger partial charge in [-0.25, -0.2) is 0 Å². The summed E-state index contributed by atoms with van der Waals surface area (Å²) in [7, 11) is 1.77. The van der Waals surface area contributed by atoms with Crippen molar-refractivity contribution in [2.24, 2.45) is 0 Å². The average molecular weight is 492 g/mol. The van der Waals surface area contributed by atoms with Gasteiger partial charge in [-0.05, 0) is 68.7 Å². The van der Waals surface area contributed by atoms with Crippen molar-refractivity contribution in [1.82, 2.24) is 4.90 Å². The minimum absolute atomic E-state index is 0.0699. The van der Waals surface area contributed by atoms with Gasteiger partial charge in [0.2, 0.25) is 12.3 Å². The maximum absolute atomic E-state index is 13.4. The quantitative estimate of drug-likeness (QED) is 0.412. The van der Waals surface area contributed by atoms with Gasteiger partial charge < -0.3 is 9.80 Å². The van der Waals surface area contributed by atoms with Crippen LogP contribution in [0.2, 0.25) is 0 Å². The second kappa shape index (κ2) is 14.8. The first-order chi connectivity index (χ1) is 14.7. The van der Waals surface area contributed by atoms with Gasteiger partial charge in [0.15, 0.2) is 0 Å². The Morgan fingerprint density at radius 2 is 1.45 bits per heavy atom. The summed E-state index contributed by atoms with van der Waals surface area (Å²) in [5.41, 5.74) is 4.06. The van der Waals surface area contributed by atoms with Crippen molar-refractivity contribution in [3.8, 4) is 0 Å². The molecule has 5 heteroatoms. The van der Waals surface area contributed by atoms with Crippen molar-refractivity contribution < 1.29 is 9.59 Å². The first kappa shape index (κ1) is 28.9. The summed E-state index contributed by atoms with van der Waals surface area (Å²) in [6.45, 7) is 15.9. The van der Waals surface area contributed by atoms with E-state index in [4.69, 9.17) is 0 Å². The highest BCUT2D eigenvalue weighted by Crippen LogP contribution is 2.22. The van der Waals surface area contributed by atoms with Crippen molar-refractivity contribution in [3.05, 3.63) is 63.6 Å². The largest absolute Gasteiger partial charge is 0.330 e. The summed E-state index contributed by atoms with van der Waals surface area (Å²) in [5.74, 6) is -0.0938. The van der Waals surface area contributed by atoms with E-state index in [9.17, 15) is 9.59 Å². The Morgan fingerprint density at radius 1 is 0.968 bits per heavy atom. The molecule has 0 radical (unpaired) electrons. The van der Waals surface area contributed by atoms with Crippen LogP contribution in [0.3, 0.4) is 0 Å². The molecule has 2 aromatic rings. The fourth-order valence-electron chi connectivity index (χ4n) is 3.21. The molecule has 0 aromatic heterocycles. The predicted molar refractivity (Wildman–Crippen MR) is 137 cm³/mol. The Labute approximate surface area is 197 Å². The van der Waals surface area contributed by atoms with E-state index >= 15 is 0 Å². The molecular formula is C26H39BrN2O2. The van der Waals surface area contributed by atoms with Gasteiger partial charge in [0, 0.05) is 29.7 Å².